The first kappa shape index (κ1) is 38.4. The van der Waals surface area contributed by atoms with Crippen LogP contribution >= 0.6 is 0 Å². The first-order valence-corrected chi connectivity index (χ1v) is 16.7. The molecule has 15 nitrogen and oxygen atoms in total. The molecule has 1 heterocycles. The van der Waals surface area contributed by atoms with E-state index in [2.05, 4.69) is 0 Å². The van der Waals surface area contributed by atoms with Crippen molar-refractivity contribution in [1.29, 1.82) is 0 Å². The number of ether oxygens (including phenoxy) is 3. The van der Waals surface area contributed by atoms with E-state index in [-0.39, 0.29) is 33.6 Å². The number of rotatable bonds is 9. The molecule has 1 fully saturated rings. The lowest BCUT2D eigenvalue weighted by molar-refractivity contribution is -0.371. The first-order chi connectivity index (χ1) is 25.6. The minimum absolute atomic E-state index is 0.00884. The van der Waals surface area contributed by atoms with Gasteiger partial charge in [0.25, 0.3) is 0 Å². The van der Waals surface area contributed by atoms with Crippen LogP contribution in [0.2, 0.25) is 0 Å². The molecule has 54 heavy (non-hydrogen) atoms. The average molecular weight is 743 g/mol. The van der Waals surface area contributed by atoms with Crippen LogP contribution in [0.15, 0.2) is 66.7 Å². The monoisotopic (exact) mass is 742 g/mol. The quantitative estimate of drug-likeness (QED) is 0.0445. The topological polar surface area (TPSA) is 273 Å². The zero-order valence-electron chi connectivity index (χ0n) is 28.9. The van der Waals surface area contributed by atoms with Crippen LogP contribution < -0.4 is 20.9 Å². The molecule has 4 aromatic carbocycles. The number of fused-ring (bicyclic) bond motifs is 2. The number of hydrogen-bond acceptors (Lipinski definition) is 15. The predicted octanol–water partition coefficient (Wildman–Crippen LogP) is 1.28. The van der Waals surface area contributed by atoms with Gasteiger partial charge in [0.15, 0.2) is 17.7 Å². The molecule has 0 amide bonds. The molecule has 15 heteroatoms. The molecule has 0 saturated carbocycles. The highest BCUT2D eigenvalue weighted by Gasteiger charge is 2.54. The number of hydrogen-bond donors (Lipinski definition) is 9. The molecule has 5 unspecified atom stereocenters. The molecule has 1 saturated heterocycles. The number of carbonyl (C=O) groups is 3. The molecule has 0 radical (unpaired) electrons. The van der Waals surface area contributed by atoms with Gasteiger partial charge < -0.3 is 61.4 Å². The number of aromatic hydroxyl groups is 1. The molecule has 1 aliphatic heterocycles. The average Bonchev–Trinajstić information content (AvgIpc) is 3.14. The van der Waals surface area contributed by atoms with Crippen LogP contribution in [0.25, 0.3) is 12.2 Å². The van der Waals surface area contributed by atoms with Gasteiger partial charge in [0.2, 0.25) is 12.1 Å². The van der Waals surface area contributed by atoms with Gasteiger partial charge in [-0.25, -0.2) is 0 Å². The highest BCUT2D eigenvalue weighted by Crippen LogP contribution is 2.47. The van der Waals surface area contributed by atoms with Crippen LogP contribution in [-0.4, -0.2) is 83.7 Å². The summed E-state index contributed by atoms with van der Waals surface area (Å²) in [6, 6.07) is 17.1. The summed E-state index contributed by atoms with van der Waals surface area (Å²) < 4.78 is 16.9. The number of ketones is 2. The van der Waals surface area contributed by atoms with Crippen LogP contribution in [0.4, 0.5) is 0 Å². The standard InChI is InChI=1S/C39H38N2O13/c1-17-35(48)39(50,51)36(49)38(52-17)54-26-15-24-29(34(47)30(26)31(44)20-9-6-10-21(13-20)37(40)41)33(46)27-22(16-42)14-25(53-18(2)43)23(28(27)32(24)45)12-11-19-7-4-3-5-8-19/h3-15,17,31,35-38,42,44,47-51H,16,40-41H2,1-2H3. The number of phenolic OH excluding ortho intramolecular Hbond substituents is 1. The second kappa shape index (κ2) is 14.8. The summed E-state index contributed by atoms with van der Waals surface area (Å²) in [7, 11) is 0. The molecule has 11 N–H and O–H groups in total. The van der Waals surface area contributed by atoms with Crippen LogP contribution in [-0.2, 0) is 16.1 Å². The fourth-order valence-corrected chi connectivity index (χ4v) is 6.59. The van der Waals surface area contributed by atoms with Gasteiger partial charge in [-0.05, 0) is 53.5 Å². The van der Waals surface area contributed by atoms with Crippen molar-refractivity contribution in [3.63, 3.8) is 0 Å². The Balaban J connectivity index is 1.60. The van der Waals surface area contributed by atoms with Crippen molar-refractivity contribution in [2.45, 2.75) is 63.1 Å². The Kier molecular flexibility index (Phi) is 10.5. The molecule has 6 rings (SSSR count). The smallest absolute Gasteiger partial charge is 0.308 e. The number of nitrogens with two attached hydrogens (primary N) is 2. The third kappa shape index (κ3) is 6.80. The normalized spacial score (nSPS) is 21.2. The van der Waals surface area contributed by atoms with Crippen LogP contribution in [0.3, 0.4) is 0 Å². The zero-order valence-corrected chi connectivity index (χ0v) is 28.9. The summed E-state index contributed by atoms with van der Waals surface area (Å²) in [6.45, 7) is 1.60. The zero-order chi connectivity index (χ0) is 39.2. The molecule has 0 aromatic heterocycles. The largest absolute Gasteiger partial charge is 0.507 e. The molecule has 5 atom stereocenters. The van der Waals surface area contributed by atoms with Gasteiger partial charge >= 0.3 is 5.97 Å². The van der Waals surface area contributed by atoms with E-state index in [1.165, 1.54) is 37.3 Å². The maximum absolute atomic E-state index is 14.7. The van der Waals surface area contributed by atoms with Crippen molar-refractivity contribution in [1.82, 2.24) is 0 Å². The van der Waals surface area contributed by atoms with Crippen molar-refractivity contribution < 1.29 is 64.3 Å². The van der Waals surface area contributed by atoms with Gasteiger partial charge in [-0.3, -0.25) is 14.4 Å². The Morgan fingerprint density at radius 3 is 2.24 bits per heavy atom. The fraction of sp³-hybridized carbons (Fsp3) is 0.256. The van der Waals surface area contributed by atoms with Gasteiger partial charge in [0.05, 0.1) is 30.0 Å². The number of carbonyl (C=O) groups excluding carboxylic acids is 3. The summed E-state index contributed by atoms with van der Waals surface area (Å²) in [6.07, 6.45) is -7.38. The highest BCUT2D eigenvalue weighted by atomic mass is 16.7. The van der Waals surface area contributed by atoms with E-state index >= 15 is 0 Å². The lowest BCUT2D eigenvalue weighted by Crippen LogP contribution is -2.67. The number of aliphatic hydroxyl groups excluding tert-OH is 4. The van der Waals surface area contributed by atoms with E-state index in [4.69, 9.17) is 25.7 Å². The third-order valence-electron chi connectivity index (χ3n) is 9.35. The van der Waals surface area contributed by atoms with Crippen molar-refractivity contribution in [3.8, 4) is 17.2 Å². The fourth-order valence-electron chi connectivity index (χ4n) is 6.59. The van der Waals surface area contributed by atoms with Gasteiger partial charge in [0, 0.05) is 29.2 Å². The Morgan fingerprint density at radius 1 is 0.907 bits per heavy atom. The van der Waals surface area contributed by atoms with Gasteiger partial charge in [-0.2, -0.15) is 0 Å². The number of benzene rings is 4. The summed E-state index contributed by atoms with van der Waals surface area (Å²) in [5.74, 6) is -7.39. The molecular weight excluding hydrogens is 704 g/mol. The summed E-state index contributed by atoms with van der Waals surface area (Å²) in [5.41, 5.74) is 10.6. The number of phenols is 1. The highest BCUT2D eigenvalue weighted by molar-refractivity contribution is 6.31. The maximum atomic E-state index is 14.7. The molecule has 1 aliphatic carbocycles. The number of esters is 1. The summed E-state index contributed by atoms with van der Waals surface area (Å²) in [4.78, 5) is 41.4. The minimum Gasteiger partial charge on any atom is -0.507 e. The minimum atomic E-state index is -3.15. The van der Waals surface area contributed by atoms with E-state index < -0.39 is 95.0 Å². The van der Waals surface area contributed by atoms with Crippen molar-refractivity contribution in [2.75, 3.05) is 0 Å². The van der Waals surface area contributed by atoms with Crippen molar-refractivity contribution in [3.05, 3.63) is 122 Å². The summed E-state index contributed by atoms with van der Waals surface area (Å²) >= 11 is 0. The van der Waals surface area contributed by atoms with Gasteiger partial charge in [0.1, 0.15) is 29.5 Å². The third-order valence-corrected chi connectivity index (χ3v) is 9.35. The molecular formula is C39H38N2O13. The molecule has 2 aliphatic rings. The Morgan fingerprint density at radius 2 is 1.59 bits per heavy atom. The second-order valence-electron chi connectivity index (χ2n) is 13.0. The molecule has 282 valence electrons. The Hall–Kier alpha value is -5.33. The molecule has 0 spiro atoms. The van der Waals surface area contributed by atoms with E-state index in [0.29, 0.717) is 11.1 Å². The van der Waals surface area contributed by atoms with Crippen molar-refractivity contribution in [2.24, 2.45) is 11.5 Å². The van der Waals surface area contributed by atoms with E-state index in [0.717, 1.165) is 13.0 Å². The second-order valence-corrected chi connectivity index (χ2v) is 13.0. The summed E-state index contributed by atoms with van der Waals surface area (Å²) in [5, 5.41) is 76.2. The Labute approximate surface area is 307 Å². The van der Waals surface area contributed by atoms with E-state index in [9.17, 15) is 50.1 Å². The van der Waals surface area contributed by atoms with E-state index in [1.807, 2.05) is 0 Å². The van der Waals surface area contributed by atoms with Crippen LogP contribution in [0, 0.1) is 0 Å². The molecule has 0 bridgehead atoms. The Bertz CT molecular complexity index is 2170. The molecule has 4 aromatic rings. The SMILES string of the molecule is CC(=O)Oc1cc(CO)c2c(c1C=Cc1ccccc1)C(=O)c1cc(OC3OC(C)C(O)C(O)(O)C3O)c(C(O)c3cccc(C(N)N)c3)c(O)c1C2=O. The van der Waals surface area contributed by atoms with Gasteiger partial charge in [-0.1, -0.05) is 54.6 Å². The van der Waals surface area contributed by atoms with Crippen molar-refractivity contribution >= 4 is 29.7 Å². The van der Waals surface area contributed by atoms with Gasteiger partial charge in [-0.15, -0.1) is 0 Å². The maximum Gasteiger partial charge on any atom is 0.308 e. The first-order valence-electron chi connectivity index (χ1n) is 16.7. The van der Waals surface area contributed by atoms with Crippen LogP contribution in [0.1, 0.15) is 91.3 Å². The lowest BCUT2D eigenvalue weighted by atomic mass is 9.77. The van der Waals surface area contributed by atoms with Crippen LogP contribution in [0.5, 0.6) is 17.2 Å². The van der Waals surface area contributed by atoms with E-state index in [1.54, 1.807) is 42.5 Å². The predicted molar refractivity (Wildman–Crippen MR) is 190 cm³/mol. The lowest BCUT2D eigenvalue weighted by Gasteiger charge is -2.44. The number of aliphatic hydroxyl groups is 6.